The fourth-order valence-corrected chi connectivity index (χ4v) is 4.14. The highest BCUT2D eigenvalue weighted by Crippen LogP contribution is 2.32. The number of aromatic nitrogens is 5. The summed E-state index contributed by atoms with van der Waals surface area (Å²) >= 11 is 7.02. The molecule has 0 aromatic carbocycles. The van der Waals surface area contributed by atoms with E-state index in [1.807, 2.05) is 0 Å². The number of carbonyl (C=O) groups excluding carboxylic acids is 1. The quantitative estimate of drug-likeness (QED) is 0.130. The predicted molar refractivity (Wildman–Crippen MR) is 126 cm³/mol. The Bertz CT molecular complexity index is 1420. The van der Waals surface area contributed by atoms with Gasteiger partial charge < -0.3 is 26.0 Å². The standard InChI is InChI=1S/C20H19ClN8O4S/c1-8-5-11-10(15(21)24-8)3-4-29(11)19(33)14-12(31)6-23-20(26-14)27-18-13(17(32)28-34-18)16(22)25-9(2)7-30/h3-6,9,30-31H,7H2,1-2H3,(H2,22,25)(H,28,32)(H,23,26,27). The second kappa shape index (κ2) is 9.21. The molecule has 4 aromatic heterocycles. The Hall–Kier alpha value is -3.81. The molecule has 0 radical (unpaired) electrons. The highest BCUT2D eigenvalue weighted by molar-refractivity contribution is 7.11. The minimum atomic E-state index is -0.627. The maximum Gasteiger partial charge on any atom is 0.285 e. The lowest BCUT2D eigenvalue weighted by Crippen LogP contribution is -2.35. The predicted octanol–water partition coefficient (Wildman–Crippen LogP) is 2.38. The van der Waals surface area contributed by atoms with Crippen LogP contribution in [0.3, 0.4) is 0 Å². The van der Waals surface area contributed by atoms with Gasteiger partial charge in [-0.05, 0) is 37.5 Å². The number of aryl methyl sites for hydroxylation is 1. The molecule has 0 aliphatic heterocycles. The van der Waals surface area contributed by atoms with Crippen molar-refractivity contribution in [2.75, 3.05) is 11.9 Å². The largest absolute Gasteiger partial charge is 0.504 e. The summed E-state index contributed by atoms with van der Waals surface area (Å²) in [4.78, 5) is 25.5. The molecule has 4 aromatic rings. The smallest absolute Gasteiger partial charge is 0.285 e. The van der Waals surface area contributed by atoms with E-state index < -0.39 is 23.6 Å². The van der Waals surface area contributed by atoms with Crippen LogP contribution in [0.4, 0.5) is 10.9 Å². The van der Waals surface area contributed by atoms with Crippen molar-refractivity contribution in [3.05, 3.63) is 46.6 Å². The minimum absolute atomic E-state index is 0.0453. The van der Waals surface area contributed by atoms with Crippen LogP contribution in [0.25, 0.3) is 10.9 Å². The number of fused-ring (bicyclic) bond motifs is 1. The van der Waals surface area contributed by atoms with Gasteiger partial charge in [0.05, 0.1) is 18.3 Å². The number of aromatic hydroxyl groups is 2. The van der Waals surface area contributed by atoms with Gasteiger partial charge in [0.25, 0.3) is 5.91 Å². The van der Waals surface area contributed by atoms with E-state index >= 15 is 0 Å². The lowest BCUT2D eigenvalue weighted by molar-refractivity contribution is 0.0957. The highest BCUT2D eigenvalue weighted by Gasteiger charge is 2.23. The first kappa shape index (κ1) is 23.4. The van der Waals surface area contributed by atoms with Gasteiger partial charge in [0, 0.05) is 23.3 Å². The first-order valence-electron chi connectivity index (χ1n) is 9.86. The second-order valence-electron chi connectivity index (χ2n) is 7.34. The Balaban J connectivity index is 1.67. The van der Waals surface area contributed by atoms with E-state index in [1.165, 1.54) is 10.8 Å². The van der Waals surface area contributed by atoms with Gasteiger partial charge in [-0.1, -0.05) is 11.6 Å². The summed E-state index contributed by atoms with van der Waals surface area (Å²) in [7, 11) is 0. The molecule has 0 amide bonds. The van der Waals surface area contributed by atoms with Crippen LogP contribution in [0.15, 0.2) is 24.5 Å². The zero-order valence-electron chi connectivity index (χ0n) is 17.9. The van der Waals surface area contributed by atoms with Crippen molar-refractivity contribution in [1.82, 2.24) is 29.2 Å². The van der Waals surface area contributed by atoms with Crippen molar-refractivity contribution in [3.8, 4) is 11.6 Å². The third-order valence-electron chi connectivity index (χ3n) is 4.77. The zero-order valence-corrected chi connectivity index (χ0v) is 19.4. The topological polar surface area (TPSA) is 182 Å². The van der Waals surface area contributed by atoms with E-state index in [2.05, 4.69) is 30.0 Å². The summed E-state index contributed by atoms with van der Waals surface area (Å²) in [6.07, 6.45) is 2.56. The molecular weight excluding hydrogens is 484 g/mol. The van der Waals surface area contributed by atoms with Crippen molar-refractivity contribution in [3.63, 3.8) is 0 Å². The van der Waals surface area contributed by atoms with Crippen LogP contribution in [0, 0.1) is 12.3 Å². The van der Waals surface area contributed by atoms with E-state index in [4.69, 9.17) is 17.0 Å². The maximum absolute atomic E-state index is 13.2. The van der Waals surface area contributed by atoms with Gasteiger partial charge in [0.2, 0.25) is 11.8 Å². The molecule has 6 N–H and O–H groups in total. The molecule has 4 heterocycles. The minimum Gasteiger partial charge on any atom is -0.504 e. The monoisotopic (exact) mass is 502 g/mol. The Labute approximate surface area is 201 Å². The number of amidine groups is 1. The number of halogens is 1. The number of pyridine rings is 1. The van der Waals surface area contributed by atoms with Gasteiger partial charge in [-0.3, -0.25) is 14.8 Å². The molecule has 4 rings (SSSR count). The maximum atomic E-state index is 13.2. The Morgan fingerprint density at radius 3 is 2.85 bits per heavy atom. The average molecular weight is 503 g/mol. The van der Waals surface area contributed by atoms with Gasteiger partial charge in [-0.15, -0.1) is 0 Å². The van der Waals surface area contributed by atoms with E-state index in [1.54, 1.807) is 26.0 Å². The van der Waals surface area contributed by atoms with Gasteiger partial charge in [0.1, 0.15) is 21.6 Å². The van der Waals surface area contributed by atoms with Crippen LogP contribution in [0.5, 0.6) is 11.6 Å². The van der Waals surface area contributed by atoms with Gasteiger partial charge in [-0.2, -0.15) is 4.37 Å². The molecule has 1 atom stereocenters. The molecule has 0 aliphatic carbocycles. The molecule has 0 aliphatic rings. The lowest BCUT2D eigenvalue weighted by Gasteiger charge is -2.14. The molecule has 0 fully saturated rings. The van der Waals surface area contributed by atoms with Crippen LogP contribution in [-0.4, -0.2) is 63.6 Å². The molecule has 0 bridgehead atoms. The molecule has 12 nitrogen and oxygen atoms in total. The average Bonchev–Trinajstić information content (AvgIpc) is 3.38. The molecule has 0 spiro atoms. The molecule has 14 heteroatoms. The molecule has 34 heavy (non-hydrogen) atoms. The number of aliphatic hydroxyl groups excluding tert-OH is 1. The van der Waals surface area contributed by atoms with Crippen molar-refractivity contribution in [1.29, 1.82) is 5.41 Å². The van der Waals surface area contributed by atoms with Crippen LogP contribution in [0.2, 0.25) is 5.15 Å². The molecule has 0 saturated heterocycles. The molecule has 1 unspecified atom stereocenters. The SMILES string of the molecule is Cc1cc2c(ccn2C(=O)c2nc(Nc3snc(O)c3C(=N)NC(C)CO)ncc2O)c(Cl)n1. The molecule has 176 valence electrons. The Morgan fingerprint density at radius 1 is 1.35 bits per heavy atom. The second-order valence-corrected chi connectivity index (χ2v) is 8.48. The molecule has 0 saturated carbocycles. The zero-order chi connectivity index (χ0) is 24.6. The van der Waals surface area contributed by atoms with E-state index in [9.17, 15) is 20.1 Å². The first-order chi connectivity index (χ1) is 16.2. The number of hydrogen-bond donors (Lipinski definition) is 6. The van der Waals surface area contributed by atoms with Crippen LogP contribution in [0.1, 0.15) is 28.7 Å². The highest BCUT2D eigenvalue weighted by atomic mass is 35.5. The number of hydrogen-bond acceptors (Lipinski definition) is 11. The van der Waals surface area contributed by atoms with Crippen molar-refractivity contribution in [2.24, 2.45) is 0 Å². The Kier molecular flexibility index (Phi) is 6.32. The van der Waals surface area contributed by atoms with E-state index in [0.29, 0.717) is 16.6 Å². The van der Waals surface area contributed by atoms with Gasteiger partial charge >= 0.3 is 0 Å². The summed E-state index contributed by atoms with van der Waals surface area (Å²) < 4.78 is 5.12. The summed E-state index contributed by atoms with van der Waals surface area (Å²) in [6.45, 7) is 3.19. The normalized spacial score (nSPS) is 12.0. The van der Waals surface area contributed by atoms with E-state index in [-0.39, 0.29) is 39.8 Å². The Morgan fingerprint density at radius 2 is 2.12 bits per heavy atom. The number of nitrogens with zero attached hydrogens (tertiary/aromatic N) is 5. The fraction of sp³-hybridized carbons (Fsp3) is 0.200. The van der Waals surface area contributed by atoms with Crippen molar-refractivity contribution >= 4 is 56.7 Å². The summed E-state index contributed by atoms with van der Waals surface area (Å²) in [5.41, 5.74) is 0.882. The van der Waals surface area contributed by atoms with Gasteiger partial charge in [-0.25, -0.2) is 15.0 Å². The lowest BCUT2D eigenvalue weighted by atomic mass is 10.2. The summed E-state index contributed by atoms with van der Waals surface area (Å²) in [5, 5.41) is 44.3. The van der Waals surface area contributed by atoms with Crippen molar-refractivity contribution in [2.45, 2.75) is 19.9 Å². The third-order valence-corrected chi connectivity index (χ3v) is 5.81. The number of anilines is 2. The molecular formula is C20H19ClN8O4S. The number of aliphatic hydroxyl groups is 1. The van der Waals surface area contributed by atoms with E-state index in [0.717, 1.165) is 17.7 Å². The van der Waals surface area contributed by atoms with Crippen LogP contribution in [-0.2, 0) is 0 Å². The number of nitrogens with one attached hydrogen (secondary N) is 3. The number of carbonyl (C=O) groups is 1. The fourth-order valence-electron chi connectivity index (χ4n) is 3.15. The van der Waals surface area contributed by atoms with Gasteiger partial charge in [0.15, 0.2) is 11.4 Å². The first-order valence-corrected chi connectivity index (χ1v) is 11.0. The summed E-state index contributed by atoms with van der Waals surface area (Å²) in [6, 6.07) is 2.89. The third kappa shape index (κ3) is 4.35. The van der Waals surface area contributed by atoms with Crippen molar-refractivity contribution < 1.29 is 20.1 Å². The number of rotatable bonds is 6. The van der Waals surface area contributed by atoms with Crippen LogP contribution < -0.4 is 10.6 Å². The summed E-state index contributed by atoms with van der Waals surface area (Å²) in [5.74, 6) is -1.71. The van der Waals surface area contributed by atoms with Crippen LogP contribution >= 0.6 is 23.1 Å².